The number of amides is 2. The van der Waals surface area contributed by atoms with E-state index in [0.29, 0.717) is 36.6 Å². The number of primary amides is 1. The van der Waals surface area contributed by atoms with Crippen LogP contribution >= 0.6 is 0 Å². The van der Waals surface area contributed by atoms with E-state index >= 15 is 0 Å². The lowest BCUT2D eigenvalue weighted by atomic mass is 9.90. The standard InChI is InChI=1S/C17H15F2N3O3/c18-9-4-8(5-10(19)6-9)16(24)21-13-2-1-3-14-11(13)7-12(15(20)23)17(25)22-14/h4-7,13H,1-3H2,(H2,20,23)(H,21,24)(H,22,25). The molecule has 0 bridgehead atoms. The number of nitrogens with two attached hydrogens (primary N) is 1. The predicted octanol–water partition coefficient (Wildman–Crippen LogP) is 1.56. The van der Waals surface area contributed by atoms with Crippen LogP contribution in [0.3, 0.4) is 0 Å². The van der Waals surface area contributed by atoms with E-state index in [1.54, 1.807) is 0 Å². The second kappa shape index (κ2) is 6.46. The van der Waals surface area contributed by atoms with E-state index in [0.717, 1.165) is 12.1 Å². The van der Waals surface area contributed by atoms with Gasteiger partial charge in [-0.2, -0.15) is 0 Å². The molecule has 6 nitrogen and oxygen atoms in total. The maximum Gasteiger partial charge on any atom is 0.261 e. The van der Waals surface area contributed by atoms with Crippen LogP contribution in [0.25, 0.3) is 0 Å². The topological polar surface area (TPSA) is 105 Å². The van der Waals surface area contributed by atoms with Gasteiger partial charge in [0, 0.05) is 17.3 Å². The van der Waals surface area contributed by atoms with Gasteiger partial charge < -0.3 is 16.0 Å². The number of hydrogen-bond donors (Lipinski definition) is 3. The van der Waals surface area contributed by atoms with Gasteiger partial charge in [-0.25, -0.2) is 8.78 Å². The van der Waals surface area contributed by atoms with Gasteiger partial charge in [0.15, 0.2) is 0 Å². The number of rotatable bonds is 3. The van der Waals surface area contributed by atoms with Crippen LogP contribution in [0.5, 0.6) is 0 Å². The van der Waals surface area contributed by atoms with Crippen LogP contribution in [0.15, 0.2) is 29.1 Å². The fourth-order valence-electron chi connectivity index (χ4n) is 3.00. The molecule has 1 heterocycles. The Morgan fingerprint density at radius 1 is 1.16 bits per heavy atom. The van der Waals surface area contributed by atoms with Crippen molar-refractivity contribution < 1.29 is 18.4 Å². The number of pyridine rings is 1. The maximum absolute atomic E-state index is 13.3. The van der Waals surface area contributed by atoms with E-state index in [1.165, 1.54) is 6.07 Å². The van der Waals surface area contributed by atoms with Gasteiger partial charge in [-0.1, -0.05) is 0 Å². The lowest BCUT2D eigenvalue weighted by Gasteiger charge is -2.26. The molecule has 8 heteroatoms. The molecule has 1 aliphatic rings. The SMILES string of the molecule is NC(=O)c1cc2c([nH]c1=O)CCCC2NC(=O)c1cc(F)cc(F)c1. The zero-order chi connectivity index (χ0) is 18.1. The molecule has 130 valence electrons. The summed E-state index contributed by atoms with van der Waals surface area (Å²) in [6.07, 6.45) is 1.84. The number of aromatic nitrogens is 1. The second-order valence-corrected chi connectivity index (χ2v) is 5.89. The quantitative estimate of drug-likeness (QED) is 0.784. The van der Waals surface area contributed by atoms with E-state index in [2.05, 4.69) is 10.3 Å². The number of aryl methyl sites for hydroxylation is 1. The number of H-pyrrole nitrogens is 1. The van der Waals surface area contributed by atoms with E-state index < -0.39 is 35.0 Å². The number of halogens is 2. The minimum Gasteiger partial charge on any atom is -0.365 e. The molecule has 0 saturated carbocycles. The first-order valence-electron chi connectivity index (χ1n) is 7.68. The minimum absolute atomic E-state index is 0.149. The summed E-state index contributed by atoms with van der Waals surface area (Å²) in [5.41, 5.74) is 5.45. The first-order valence-corrected chi connectivity index (χ1v) is 7.68. The van der Waals surface area contributed by atoms with E-state index in [1.807, 2.05) is 0 Å². The fraction of sp³-hybridized carbons (Fsp3) is 0.235. The van der Waals surface area contributed by atoms with Crippen molar-refractivity contribution in [2.24, 2.45) is 5.73 Å². The van der Waals surface area contributed by atoms with Crippen LogP contribution < -0.4 is 16.6 Å². The summed E-state index contributed by atoms with van der Waals surface area (Å²) in [7, 11) is 0. The largest absolute Gasteiger partial charge is 0.365 e. The average Bonchev–Trinajstić information content (AvgIpc) is 2.53. The molecular formula is C17H15F2N3O3. The van der Waals surface area contributed by atoms with Crippen LogP contribution in [-0.4, -0.2) is 16.8 Å². The monoisotopic (exact) mass is 347 g/mol. The molecule has 0 aliphatic heterocycles. The molecule has 1 unspecified atom stereocenters. The summed E-state index contributed by atoms with van der Waals surface area (Å²) in [5.74, 6) is -3.22. The fourth-order valence-corrected chi connectivity index (χ4v) is 3.00. The molecule has 2 amide bonds. The number of fused-ring (bicyclic) bond motifs is 1. The molecule has 1 aliphatic carbocycles. The second-order valence-electron chi connectivity index (χ2n) is 5.89. The highest BCUT2D eigenvalue weighted by molar-refractivity contribution is 5.95. The third-order valence-electron chi connectivity index (χ3n) is 4.15. The Balaban J connectivity index is 1.92. The number of carbonyl (C=O) groups is 2. The summed E-state index contributed by atoms with van der Waals surface area (Å²) in [4.78, 5) is 38.1. The average molecular weight is 347 g/mol. The molecule has 0 spiro atoms. The molecule has 4 N–H and O–H groups in total. The summed E-state index contributed by atoms with van der Waals surface area (Å²) >= 11 is 0. The number of benzene rings is 1. The minimum atomic E-state index is -0.869. The molecular weight excluding hydrogens is 332 g/mol. The van der Waals surface area contributed by atoms with Crippen molar-refractivity contribution in [2.45, 2.75) is 25.3 Å². The summed E-state index contributed by atoms with van der Waals surface area (Å²) in [6, 6.07) is 3.41. The first kappa shape index (κ1) is 16.8. The zero-order valence-electron chi connectivity index (χ0n) is 13.1. The smallest absolute Gasteiger partial charge is 0.261 e. The van der Waals surface area contributed by atoms with E-state index in [-0.39, 0.29) is 11.1 Å². The van der Waals surface area contributed by atoms with Crippen molar-refractivity contribution in [3.8, 4) is 0 Å². The van der Waals surface area contributed by atoms with Crippen LogP contribution in [0.4, 0.5) is 8.78 Å². The molecule has 1 atom stereocenters. The van der Waals surface area contributed by atoms with Crippen molar-refractivity contribution in [3.63, 3.8) is 0 Å². The van der Waals surface area contributed by atoms with Gasteiger partial charge in [0.05, 0.1) is 6.04 Å². The highest BCUT2D eigenvalue weighted by Gasteiger charge is 2.25. The molecule has 25 heavy (non-hydrogen) atoms. The molecule has 1 aromatic carbocycles. The van der Waals surface area contributed by atoms with Crippen LogP contribution in [0.2, 0.25) is 0 Å². The first-order chi connectivity index (χ1) is 11.8. The summed E-state index contributed by atoms with van der Waals surface area (Å²) < 4.78 is 26.6. The van der Waals surface area contributed by atoms with Gasteiger partial charge in [0.25, 0.3) is 17.4 Å². The van der Waals surface area contributed by atoms with Gasteiger partial charge in [0.1, 0.15) is 17.2 Å². The predicted molar refractivity (Wildman–Crippen MR) is 85.1 cm³/mol. The van der Waals surface area contributed by atoms with Crippen molar-refractivity contribution >= 4 is 11.8 Å². The number of nitrogens with one attached hydrogen (secondary N) is 2. The van der Waals surface area contributed by atoms with Gasteiger partial charge in [-0.15, -0.1) is 0 Å². The Kier molecular flexibility index (Phi) is 4.35. The van der Waals surface area contributed by atoms with E-state index in [4.69, 9.17) is 5.73 Å². The molecule has 0 radical (unpaired) electrons. The molecule has 3 rings (SSSR count). The third kappa shape index (κ3) is 3.42. The van der Waals surface area contributed by atoms with Crippen LogP contribution in [0.1, 0.15) is 50.9 Å². The highest BCUT2D eigenvalue weighted by Crippen LogP contribution is 2.28. The van der Waals surface area contributed by atoms with Crippen molar-refractivity contribution in [1.29, 1.82) is 0 Å². The van der Waals surface area contributed by atoms with Crippen LogP contribution in [0, 0.1) is 11.6 Å². The van der Waals surface area contributed by atoms with Gasteiger partial charge >= 0.3 is 0 Å². The Morgan fingerprint density at radius 2 is 1.84 bits per heavy atom. The van der Waals surface area contributed by atoms with Crippen LogP contribution in [-0.2, 0) is 6.42 Å². The number of aromatic amines is 1. The Hall–Kier alpha value is -3.03. The lowest BCUT2D eigenvalue weighted by molar-refractivity contribution is 0.0931. The summed E-state index contributed by atoms with van der Waals surface area (Å²) in [6.45, 7) is 0. The molecule has 0 saturated heterocycles. The Bertz CT molecular complexity index is 904. The van der Waals surface area contributed by atoms with Gasteiger partial charge in [-0.3, -0.25) is 14.4 Å². The molecule has 1 aromatic heterocycles. The summed E-state index contributed by atoms with van der Waals surface area (Å²) in [5, 5.41) is 2.68. The van der Waals surface area contributed by atoms with Crippen molar-refractivity contribution in [2.75, 3.05) is 0 Å². The van der Waals surface area contributed by atoms with Crippen molar-refractivity contribution in [3.05, 3.63) is 68.6 Å². The maximum atomic E-state index is 13.3. The Labute approximate surface area is 141 Å². The number of hydrogen-bond acceptors (Lipinski definition) is 3. The zero-order valence-corrected chi connectivity index (χ0v) is 13.1. The highest BCUT2D eigenvalue weighted by atomic mass is 19.1. The third-order valence-corrected chi connectivity index (χ3v) is 4.15. The van der Waals surface area contributed by atoms with Crippen molar-refractivity contribution in [1.82, 2.24) is 10.3 Å². The Morgan fingerprint density at radius 3 is 2.48 bits per heavy atom. The normalized spacial score (nSPS) is 16.2. The van der Waals surface area contributed by atoms with E-state index in [9.17, 15) is 23.2 Å². The number of carbonyl (C=O) groups excluding carboxylic acids is 2. The van der Waals surface area contributed by atoms with Gasteiger partial charge in [0.2, 0.25) is 0 Å². The lowest BCUT2D eigenvalue weighted by Crippen LogP contribution is -2.34. The van der Waals surface area contributed by atoms with Gasteiger partial charge in [-0.05, 0) is 43.0 Å². The molecule has 0 fully saturated rings. The molecule has 2 aromatic rings.